The predicted molar refractivity (Wildman–Crippen MR) is 53.5 cm³/mol. The zero-order valence-corrected chi connectivity index (χ0v) is 7.94. The molecular weight excluding hydrogens is 198 g/mol. The largest absolute Gasteiger partial charge is 0.508 e. The van der Waals surface area contributed by atoms with Crippen molar-refractivity contribution in [1.29, 1.82) is 0 Å². The molecule has 0 saturated carbocycles. The number of ether oxygens (including phenoxy) is 1. The molecule has 0 bridgehead atoms. The minimum Gasteiger partial charge on any atom is -0.508 e. The van der Waals surface area contributed by atoms with Crippen LogP contribution in [0.2, 0.25) is 0 Å². The molecule has 1 heterocycles. The fourth-order valence-electron chi connectivity index (χ4n) is 1.52. The first-order valence-electron chi connectivity index (χ1n) is 4.25. The zero-order chi connectivity index (χ0) is 11.0. The van der Waals surface area contributed by atoms with Gasteiger partial charge in [0.15, 0.2) is 11.4 Å². The van der Waals surface area contributed by atoms with Gasteiger partial charge in [-0.3, -0.25) is 0 Å². The lowest BCUT2D eigenvalue weighted by Crippen LogP contribution is -1.99. The summed E-state index contributed by atoms with van der Waals surface area (Å²) in [5.74, 6) is -0.798. The molecule has 0 aliphatic heterocycles. The highest BCUT2D eigenvalue weighted by Crippen LogP contribution is 2.32. The molecule has 0 amide bonds. The van der Waals surface area contributed by atoms with Gasteiger partial charge < -0.3 is 19.9 Å². The number of phenols is 1. The maximum atomic E-state index is 10.9. The van der Waals surface area contributed by atoms with Crippen molar-refractivity contribution in [2.45, 2.75) is 0 Å². The third-order valence-electron chi connectivity index (χ3n) is 2.15. The molecule has 3 N–H and O–H groups in total. The lowest BCUT2D eigenvalue weighted by Gasteiger charge is -1.98. The number of aromatic amines is 1. The molecule has 0 spiro atoms. The van der Waals surface area contributed by atoms with E-state index in [4.69, 9.17) is 9.84 Å². The fraction of sp³-hybridized carbons (Fsp3) is 0.100. The SMILES string of the molecule is COc1c(C(=O)O)[nH]c2ccc(O)cc12. The molecule has 5 heteroatoms. The number of aromatic carboxylic acids is 1. The minimum atomic E-state index is -1.09. The lowest BCUT2D eigenvalue weighted by molar-refractivity contribution is 0.0688. The number of phenolic OH excluding ortho intramolecular Hbond substituents is 1. The number of carbonyl (C=O) groups is 1. The summed E-state index contributed by atoms with van der Waals surface area (Å²) in [6.07, 6.45) is 0. The van der Waals surface area contributed by atoms with Crippen molar-refractivity contribution in [3.8, 4) is 11.5 Å². The monoisotopic (exact) mass is 207 g/mol. The second-order valence-electron chi connectivity index (χ2n) is 3.07. The Labute approximate surface area is 84.9 Å². The van der Waals surface area contributed by atoms with Crippen LogP contribution in [-0.4, -0.2) is 28.3 Å². The van der Waals surface area contributed by atoms with Gasteiger partial charge >= 0.3 is 5.97 Å². The molecule has 0 saturated heterocycles. The molecular formula is C10H9NO4. The van der Waals surface area contributed by atoms with Crippen molar-refractivity contribution < 1.29 is 19.7 Å². The summed E-state index contributed by atoms with van der Waals surface area (Å²) in [6, 6.07) is 4.53. The number of hydrogen-bond acceptors (Lipinski definition) is 3. The summed E-state index contributed by atoms with van der Waals surface area (Å²) in [7, 11) is 1.39. The number of H-pyrrole nitrogens is 1. The third kappa shape index (κ3) is 1.38. The van der Waals surface area contributed by atoms with E-state index in [1.807, 2.05) is 0 Å². The van der Waals surface area contributed by atoms with Crippen LogP contribution < -0.4 is 4.74 Å². The summed E-state index contributed by atoms with van der Waals surface area (Å²) in [4.78, 5) is 13.6. The summed E-state index contributed by atoms with van der Waals surface area (Å²) in [5, 5.41) is 18.7. The first-order chi connectivity index (χ1) is 7.13. The number of methoxy groups -OCH3 is 1. The fourth-order valence-corrected chi connectivity index (χ4v) is 1.52. The van der Waals surface area contributed by atoms with Gasteiger partial charge in [-0.15, -0.1) is 0 Å². The molecule has 1 aromatic carbocycles. The summed E-state index contributed by atoms with van der Waals surface area (Å²) < 4.78 is 4.99. The number of aromatic nitrogens is 1. The second-order valence-corrected chi connectivity index (χ2v) is 3.07. The van der Waals surface area contributed by atoms with Crippen LogP contribution in [0.4, 0.5) is 0 Å². The van der Waals surface area contributed by atoms with Gasteiger partial charge in [-0.2, -0.15) is 0 Å². The van der Waals surface area contributed by atoms with E-state index in [9.17, 15) is 9.90 Å². The number of nitrogens with one attached hydrogen (secondary N) is 1. The molecule has 0 fully saturated rings. The molecule has 1 aromatic heterocycles. The standard InChI is InChI=1S/C10H9NO4/c1-15-9-6-4-5(12)2-3-7(6)11-8(9)10(13)14/h2-4,11-12H,1H3,(H,13,14). The number of rotatable bonds is 2. The van der Waals surface area contributed by atoms with Crippen LogP contribution in [-0.2, 0) is 0 Å². The molecule has 0 aliphatic rings. The molecule has 2 rings (SSSR count). The number of carboxylic acids is 1. The van der Waals surface area contributed by atoms with E-state index in [-0.39, 0.29) is 17.2 Å². The Hall–Kier alpha value is -2.17. The van der Waals surface area contributed by atoms with Crippen LogP contribution in [0.15, 0.2) is 18.2 Å². The molecule has 2 aromatic rings. The van der Waals surface area contributed by atoms with Crippen molar-refractivity contribution in [2.75, 3.05) is 7.11 Å². The molecule has 15 heavy (non-hydrogen) atoms. The maximum Gasteiger partial charge on any atom is 0.356 e. The van der Waals surface area contributed by atoms with E-state index < -0.39 is 5.97 Å². The second kappa shape index (κ2) is 3.20. The summed E-state index contributed by atoms with van der Waals surface area (Å²) in [5.41, 5.74) is 0.597. The van der Waals surface area contributed by atoms with E-state index in [0.29, 0.717) is 10.9 Å². The van der Waals surface area contributed by atoms with Gasteiger partial charge in [-0.1, -0.05) is 0 Å². The number of carboxylic acid groups (broad SMARTS) is 1. The normalized spacial score (nSPS) is 10.5. The predicted octanol–water partition coefficient (Wildman–Crippen LogP) is 1.58. The van der Waals surface area contributed by atoms with Crippen molar-refractivity contribution in [2.24, 2.45) is 0 Å². The topological polar surface area (TPSA) is 82.5 Å². The summed E-state index contributed by atoms with van der Waals surface area (Å²) in [6.45, 7) is 0. The highest BCUT2D eigenvalue weighted by Gasteiger charge is 2.17. The molecule has 5 nitrogen and oxygen atoms in total. The highest BCUT2D eigenvalue weighted by molar-refractivity contribution is 6.00. The third-order valence-corrected chi connectivity index (χ3v) is 2.15. The highest BCUT2D eigenvalue weighted by atomic mass is 16.5. The Balaban J connectivity index is 2.79. The van der Waals surface area contributed by atoms with Crippen molar-refractivity contribution >= 4 is 16.9 Å². The van der Waals surface area contributed by atoms with Gasteiger partial charge in [-0.25, -0.2) is 4.79 Å². The first kappa shape index (κ1) is 9.39. The average molecular weight is 207 g/mol. The molecule has 0 unspecified atom stereocenters. The molecule has 0 radical (unpaired) electrons. The average Bonchev–Trinajstić information content (AvgIpc) is 2.55. The Morgan fingerprint density at radius 3 is 2.80 bits per heavy atom. The number of aromatic hydroxyl groups is 1. The zero-order valence-electron chi connectivity index (χ0n) is 7.94. The van der Waals surface area contributed by atoms with Gasteiger partial charge in [0, 0.05) is 5.39 Å². The van der Waals surface area contributed by atoms with Gasteiger partial charge in [0.2, 0.25) is 0 Å². The maximum absolute atomic E-state index is 10.9. The van der Waals surface area contributed by atoms with E-state index >= 15 is 0 Å². The van der Waals surface area contributed by atoms with Crippen molar-refractivity contribution in [3.63, 3.8) is 0 Å². The van der Waals surface area contributed by atoms with Gasteiger partial charge in [0.25, 0.3) is 0 Å². The number of fused-ring (bicyclic) bond motifs is 1. The van der Waals surface area contributed by atoms with Crippen LogP contribution in [0.5, 0.6) is 11.5 Å². The van der Waals surface area contributed by atoms with Crippen LogP contribution in [0.1, 0.15) is 10.5 Å². The van der Waals surface area contributed by atoms with Gasteiger partial charge in [-0.05, 0) is 18.2 Å². The van der Waals surface area contributed by atoms with Crippen molar-refractivity contribution in [3.05, 3.63) is 23.9 Å². The lowest BCUT2D eigenvalue weighted by atomic mass is 10.2. The van der Waals surface area contributed by atoms with Gasteiger partial charge in [0.1, 0.15) is 5.75 Å². The van der Waals surface area contributed by atoms with Crippen LogP contribution in [0, 0.1) is 0 Å². The number of benzene rings is 1. The van der Waals surface area contributed by atoms with Crippen LogP contribution in [0.3, 0.4) is 0 Å². The summed E-state index contributed by atoms with van der Waals surface area (Å²) >= 11 is 0. The van der Waals surface area contributed by atoms with Crippen molar-refractivity contribution in [1.82, 2.24) is 4.98 Å². The molecule has 0 atom stereocenters. The van der Waals surface area contributed by atoms with E-state index in [2.05, 4.69) is 4.98 Å². The minimum absolute atomic E-state index is 0.0156. The smallest absolute Gasteiger partial charge is 0.356 e. The molecule has 0 aliphatic carbocycles. The molecule has 78 valence electrons. The first-order valence-corrected chi connectivity index (χ1v) is 4.25. The Kier molecular flexibility index (Phi) is 2.00. The van der Waals surface area contributed by atoms with Crippen LogP contribution in [0.25, 0.3) is 10.9 Å². The van der Waals surface area contributed by atoms with E-state index in [1.54, 1.807) is 6.07 Å². The Bertz CT molecular complexity index is 529. The Morgan fingerprint density at radius 1 is 1.47 bits per heavy atom. The quantitative estimate of drug-likeness (QED) is 0.698. The van der Waals surface area contributed by atoms with Gasteiger partial charge in [0.05, 0.1) is 12.6 Å². The van der Waals surface area contributed by atoms with Crippen LogP contribution >= 0.6 is 0 Å². The van der Waals surface area contributed by atoms with E-state index in [0.717, 1.165) is 0 Å². The number of hydrogen-bond donors (Lipinski definition) is 3. The van der Waals surface area contributed by atoms with E-state index in [1.165, 1.54) is 19.2 Å². The Morgan fingerprint density at radius 2 is 2.20 bits per heavy atom.